The average Bonchev–Trinajstić information content (AvgIpc) is 2.98. The predicted molar refractivity (Wildman–Crippen MR) is 96.7 cm³/mol. The van der Waals surface area contributed by atoms with E-state index in [2.05, 4.69) is 0 Å². The summed E-state index contributed by atoms with van der Waals surface area (Å²) in [4.78, 5) is 2.25. The van der Waals surface area contributed by atoms with Crippen LogP contribution in [0.3, 0.4) is 0 Å². The number of hydrogen-bond acceptors (Lipinski definition) is 4. The molecule has 128 valence electrons. The Kier molecular flexibility index (Phi) is 4.62. The van der Waals surface area contributed by atoms with Gasteiger partial charge in [-0.15, -0.1) is 0 Å². The molecule has 1 saturated heterocycles. The van der Waals surface area contributed by atoms with Crippen molar-refractivity contribution in [1.29, 1.82) is 0 Å². The van der Waals surface area contributed by atoms with E-state index < -0.39 is 10.0 Å². The molecule has 6 heteroatoms. The van der Waals surface area contributed by atoms with Gasteiger partial charge in [-0.3, -0.25) is 0 Å². The third-order valence-electron chi connectivity index (χ3n) is 4.55. The maximum atomic E-state index is 12.9. The van der Waals surface area contributed by atoms with Gasteiger partial charge in [-0.1, -0.05) is 30.3 Å². The fourth-order valence-electron chi connectivity index (χ4n) is 3.11. The van der Waals surface area contributed by atoms with Crippen LogP contribution in [0.2, 0.25) is 0 Å². The van der Waals surface area contributed by atoms with E-state index in [1.807, 2.05) is 61.5 Å². The van der Waals surface area contributed by atoms with Gasteiger partial charge >= 0.3 is 0 Å². The minimum absolute atomic E-state index is 0.0297. The van der Waals surface area contributed by atoms with E-state index in [0.717, 1.165) is 11.3 Å². The maximum absolute atomic E-state index is 12.9. The first-order valence-corrected chi connectivity index (χ1v) is 9.41. The second-order valence-electron chi connectivity index (χ2n) is 6.39. The molecule has 0 spiro atoms. The highest BCUT2D eigenvalue weighted by atomic mass is 32.2. The van der Waals surface area contributed by atoms with Gasteiger partial charge in [0.15, 0.2) is 0 Å². The highest BCUT2D eigenvalue weighted by molar-refractivity contribution is 7.89. The van der Waals surface area contributed by atoms with Crippen LogP contribution in [0.4, 0.5) is 5.69 Å². The Bertz CT molecular complexity index is 789. The SMILES string of the molecule is CN(C)c1ccc(S(=O)(=O)N2C[C@@H](N)[C@H](c3ccccc3)C2)cc1. The summed E-state index contributed by atoms with van der Waals surface area (Å²) < 4.78 is 27.3. The smallest absolute Gasteiger partial charge is 0.243 e. The van der Waals surface area contributed by atoms with E-state index in [-0.39, 0.29) is 12.0 Å². The van der Waals surface area contributed by atoms with Crippen LogP contribution in [-0.2, 0) is 10.0 Å². The van der Waals surface area contributed by atoms with Gasteiger partial charge < -0.3 is 10.6 Å². The zero-order chi connectivity index (χ0) is 17.3. The normalized spacial score (nSPS) is 21.8. The summed E-state index contributed by atoms with van der Waals surface area (Å²) >= 11 is 0. The van der Waals surface area contributed by atoms with Crippen LogP contribution in [0.1, 0.15) is 11.5 Å². The number of anilines is 1. The van der Waals surface area contributed by atoms with E-state index in [9.17, 15) is 8.42 Å². The summed E-state index contributed by atoms with van der Waals surface area (Å²) in [5.41, 5.74) is 8.28. The third kappa shape index (κ3) is 3.17. The second kappa shape index (κ2) is 6.55. The third-order valence-corrected chi connectivity index (χ3v) is 6.40. The quantitative estimate of drug-likeness (QED) is 0.919. The number of rotatable bonds is 4. The minimum atomic E-state index is -3.52. The molecule has 2 aromatic rings. The van der Waals surface area contributed by atoms with Gasteiger partial charge in [-0.2, -0.15) is 4.31 Å². The Labute approximate surface area is 143 Å². The van der Waals surface area contributed by atoms with Crippen molar-refractivity contribution in [2.45, 2.75) is 16.9 Å². The topological polar surface area (TPSA) is 66.6 Å². The summed E-state index contributed by atoms with van der Waals surface area (Å²) in [6.07, 6.45) is 0. The number of hydrogen-bond donors (Lipinski definition) is 1. The van der Waals surface area contributed by atoms with Crippen LogP contribution in [-0.4, -0.2) is 45.9 Å². The molecule has 0 saturated carbocycles. The number of sulfonamides is 1. The van der Waals surface area contributed by atoms with Gasteiger partial charge in [0.05, 0.1) is 4.90 Å². The lowest BCUT2D eigenvalue weighted by atomic mass is 9.95. The van der Waals surface area contributed by atoms with Crippen molar-refractivity contribution in [2.24, 2.45) is 5.73 Å². The molecule has 0 aromatic heterocycles. The Morgan fingerprint density at radius 2 is 1.62 bits per heavy atom. The summed E-state index contributed by atoms with van der Waals surface area (Å²) in [5.74, 6) is 0.0297. The maximum Gasteiger partial charge on any atom is 0.243 e. The van der Waals surface area contributed by atoms with Crippen LogP contribution in [0.5, 0.6) is 0 Å². The Balaban J connectivity index is 1.83. The standard InChI is InChI=1S/C18H23N3O2S/c1-20(2)15-8-10-16(11-9-15)24(22,23)21-12-17(18(19)13-21)14-6-4-3-5-7-14/h3-11,17-18H,12-13,19H2,1-2H3/t17-,18+/m0/s1. The number of nitrogens with two attached hydrogens (primary N) is 1. The van der Waals surface area contributed by atoms with Gasteiger partial charge in [0, 0.05) is 44.8 Å². The molecule has 5 nitrogen and oxygen atoms in total. The van der Waals surface area contributed by atoms with Gasteiger partial charge in [0.2, 0.25) is 10.0 Å². The first kappa shape index (κ1) is 17.0. The molecule has 24 heavy (non-hydrogen) atoms. The molecule has 0 aliphatic carbocycles. The molecular weight excluding hydrogens is 322 g/mol. The van der Waals surface area contributed by atoms with Crippen LogP contribution < -0.4 is 10.6 Å². The molecule has 0 amide bonds. The minimum Gasteiger partial charge on any atom is -0.378 e. The average molecular weight is 345 g/mol. The van der Waals surface area contributed by atoms with Crippen LogP contribution in [0, 0.1) is 0 Å². The lowest BCUT2D eigenvalue weighted by Crippen LogP contribution is -2.32. The fourth-order valence-corrected chi connectivity index (χ4v) is 4.61. The molecule has 2 N–H and O–H groups in total. The lowest BCUT2D eigenvalue weighted by Gasteiger charge is -2.18. The summed E-state index contributed by atoms with van der Waals surface area (Å²) in [7, 11) is 0.328. The van der Waals surface area contributed by atoms with E-state index in [1.54, 1.807) is 12.1 Å². The molecule has 1 heterocycles. The van der Waals surface area contributed by atoms with Gasteiger partial charge in [0.25, 0.3) is 0 Å². The molecule has 0 radical (unpaired) electrons. The van der Waals surface area contributed by atoms with E-state index in [4.69, 9.17) is 5.73 Å². The molecule has 2 aromatic carbocycles. The Hall–Kier alpha value is -1.89. The highest BCUT2D eigenvalue weighted by Gasteiger charge is 2.38. The molecule has 1 aliphatic heterocycles. The second-order valence-corrected chi connectivity index (χ2v) is 8.33. The number of nitrogens with zero attached hydrogens (tertiary/aromatic N) is 2. The Morgan fingerprint density at radius 3 is 2.21 bits per heavy atom. The van der Waals surface area contributed by atoms with Crippen LogP contribution in [0.15, 0.2) is 59.5 Å². The molecule has 3 rings (SSSR count). The predicted octanol–water partition coefficient (Wildman–Crippen LogP) is 1.87. The van der Waals surface area contributed by atoms with Crippen molar-refractivity contribution >= 4 is 15.7 Å². The van der Waals surface area contributed by atoms with Crippen molar-refractivity contribution in [1.82, 2.24) is 4.31 Å². The fraction of sp³-hybridized carbons (Fsp3) is 0.333. The first-order valence-electron chi connectivity index (χ1n) is 7.97. The zero-order valence-electron chi connectivity index (χ0n) is 14.0. The molecule has 0 bridgehead atoms. The Morgan fingerprint density at radius 1 is 1.00 bits per heavy atom. The first-order chi connectivity index (χ1) is 11.4. The lowest BCUT2D eigenvalue weighted by molar-refractivity contribution is 0.470. The van der Waals surface area contributed by atoms with Crippen LogP contribution >= 0.6 is 0 Å². The van der Waals surface area contributed by atoms with Crippen molar-refractivity contribution < 1.29 is 8.42 Å². The van der Waals surface area contributed by atoms with Gasteiger partial charge in [-0.05, 0) is 29.8 Å². The zero-order valence-corrected chi connectivity index (χ0v) is 14.8. The van der Waals surface area contributed by atoms with E-state index >= 15 is 0 Å². The van der Waals surface area contributed by atoms with Crippen molar-refractivity contribution in [2.75, 3.05) is 32.1 Å². The summed E-state index contributed by atoms with van der Waals surface area (Å²) in [5, 5.41) is 0. The van der Waals surface area contributed by atoms with Crippen molar-refractivity contribution in [3.8, 4) is 0 Å². The molecule has 1 aliphatic rings. The number of benzene rings is 2. The van der Waals surface area contributed by atoms with Crippen molar-refractivity contribution in [3.05, 3.63) is 60.2 Å². The van der Waals surface area contributed by atoms with E-state index in [0.29, 0.717) is 18.0 Å². The molecular formula is C18H23N3O2S. The van der Waals surface area contributed by atoms with Gasteiger partial charge in [-0.25, -0.2) is 8.42 Å². The monoisotopic (exact) mass is 345 g/mol. The van der Waals surface area contributed by atoms with E-state index in [1.165, 1.54) is 4.31 Å². The molecule has 1 fully saturated rings. The largest absolute Gasteiger partial charge is 0.378 e. The highest BCUT2D eigenvalue weighted by Crippen LogP contribution is 2.30. The molecule has 2 atom stereocenters. The molecule has 0 unspecified atom stereocenters. The summed E-state index contributed by atoms with van der Waals surface area (Å²) in [6, 6.07) is 16.6. The van der Waals surface area contributed by atoms with Gasteiger partial charge in [0.1, 0.15) is 0 Å². The van der Waals surface area contributed by atoms with Crippen molar-refractivity contribution in [3.63, 3.8) is 0 Å². The summed E-state index contributed by atoms with van der Waals surface area (Å²) in [6.45, 7) is 0.764. The van der Waals surface area contributed by atoms with Crippen LogP contribution in [0.25, 0.3) is 0 Å².